The van der Waals surface area contributed by atoms with E-state index in [1.165, 1.54) is 0 Å². The molecule has 5 heteroatoms. The van der Waals surface area contributed by atoms with Gasteiger partial charge >= 0.3 is 0 Å². The fourth-order valence-electron chi connectivity index (χ4n) is 2.64. The van der Waals surface area contributed by atoms with E-state index in [0.29, 0.717) is 13.2 Å². The summed E-state index contributed by atoms with van der Waals surface area (Å²) in [6.45, 7) is 4.21. The van der Waals surface area contributed by atoms with Crippen LogP contribution in [0.4, 0.5) is 0 Å². The first kappa shape index (κ1) is 15.1. The Hall–Kier alpha value is -1.85. The second-order valence-corrected chi connectivity index (χ2v) is 5.58. The number of rotatable bonds is 6. The van der Waals surface area contributed by atoms with Crippen molar-refractivity contribution in [2.24, 2.45) is 0 Å². The van der Waals surface area contributed by atoms with E-state index in [0.717, 1.165) is 47.8 Å². The molecule has 2 aromatic rings. The molecule has 1 aromatic heterocycles. The summed E-state index contributed by atoms with van der Waals surface area (Å²) in [5.74, 6) is 1.67. The minimum absolute atomic E-state index is 0.236. The van der Waals surface area contributed by atoms with Gasteiger partial charge in [0.2, 0.25) is 0 Å². The molecule has 1 saturated heterocycles. The predicted octanol–water partition coefficient (Wildman–Crippen LogP) is 2.93. The first-order chi connectivity index (χ1) is 10.8. The Morgan fingerprint density at radius 1 is 1.32 bits per heavy atom. The number of benzene rings is 1. The van der Waals surface area contributed by atoms with Crippen molar-refractivity contribution in [1.29, 1.82) is 0 Å². The van der Waals surface area contributed by atoms with Gasteiger partial charge in [0, 0.05) is 24.3 Å². The molecular formula is C17H22N2O3. The zero-order chi connectivity index (χ0) is 15.4. The van der Waals surface area contributed by atoms with Crippen LogP contribution in [-0.4, -0.2) is 31.5 Å². The van der Waals surface area contributed by atoms with E-state index in [-0.39, 0.29) is 6.10 Å². The molecule has 0 spiro atoms. The number of hydrogen-bond donors (Lipinski definition) is 1. The largest absolute Gasteiger partial charge is 0.491 e. The lowest BCUT2D eigenvalue weighted by Crippen LogP contribution is -2.16. The van der Waals surface area contributed by atoms with Crippen molar-refractivity contribution in [3.8, 4) is 17.1 Å². The first-order valence-electron chi connectivity index (χ1n) is 7.72. The molecule has 0 saturated carbocycles. The van der Waals surface area contributed by atoms with E-state index >= 15 is 0 Å². The Kier molecular flexibility index (Phi) is 4.75. The molecule has 1 aliphatic heterocycles. The van der Waals surface area contributed by atoms with Crippen LogP contribution in [0, 0.1) is 6.92 Å². The van der Waals surface area contributed by atoms with Crippen LogP contribution in [0.5, 0.6) is 5.75 Å². The molecule has 1 N–H and O–H groups in total. The predicted molar refractivity (Wildman–Crippen MR) is 83.9 cm³/mol. The molecule has 22 heavy (non-hydrogen) atoms. The molecule has 1 aliphatic rings. The minimum atomic E-state index is 0.236. The molecule has 0 aliphatic carbocycles. The van der Waals surface area contributed by atoms with Crippen LogP contribution >= 0.6 is 0 Å². The Balaban J connectivity index is 1.65. The van der Waals surface area contributed by atoms with Crippen LogP contribution in [0.3, 0.4) is 0 Å². The lowest BCUT2D eigenvalue weighted by atomic mass is 10.1. The van der Waals surface area contributed by atoms with Crippen molar-refractivity contribution < 1.29 is 14.0 Å². The summed E-state index contributed by atoms with van der Waals surface area (Å²) in [6.07, 6.45) is 2.45. The van der Waals surface area contributed by atoms with Crippen LogP contribution in [0.1, 0.15) is 24.1 Å². The molecule has 0 bridgehead atoms. The number of hydrogen-bond acceptors (Lipinski definition) is 5. The van der Waals surface area contributed by atoms with E-state index < -0.39 is 0 Å². The van der Waals surface area contributed by atoms with Gasteiger partial charge in [-0.2, -0.15) is 0 Å². The minimum Gasteiger partial charge on any atom is -0.491 e. The quantitative estimate of drug-likeness (QED) is 0.889. The van der Waals surface area contributed by atoms with Crippen molar-refractivity contribution >= 4 is 0 Å². The monoisotopic (exact) mass is 302 g/mol. The van der Waals surface area contributed by atoms with Gasteiger partial charge in [-0.05, 0) is 51.1 Å². The van der Waals surface area contributed by atoms with Crippen LogP contribution in [-0.2, 0) is 11.3 Å². The molecule has 3 rings (SSSR count). The molecule has 0 radical (unpaired) electrons. The third kappa shape index (κ3) is 3.31. The van der Waals surface area contributed by atoms with Crippen LogP contribution in [0.2, 0.25) is 0 Å². The molecular weight excluding hydrogens is 280 g/mol. The van der Waals surface area contributed by atoms with Gasteiger partial charge in [-0.25, -0.2) is 0 Å². The molecule has 1 fully saturated rings. The smallest absolute Gasteiger partial charge is 0.170 e. The van der Waals surface area contributed by atoms with Gasteiger partial charge in [0.05, 0.1) is 6.10 Å². The third-order valence-corrected chi connectivity index (χ3v) is 3.94. The lowest BCUT2D eigenvalue weighted by Gasteiger charge is -2.11. The van der Waals surface area contributed by atoms with Gasteiger partial charge in [0.15, 0.2) is 5.76 Å². The van der Waals surface area contributed by atoms with Crippen LogP contribution in [0.25, 0.3) is 11.3 Å². The van der Waals surface area contributed by atoms with E-state index in [1.54, 1.807) is 0 Å². The Morgan fingerprint density at radius 3 is 2.82 bits per heavy atom. The zero-order valence-corrected chi connectivity index (χ0v) is 13.1. The van der Waals surface area contributed by atoms with Gasteiger partial charge in [0.25, 0.3) is 0 Å². The van der Waals surface area contributed by atoms with Gasteiger partial charge in [-0.15, -0.1) is 0 Å². The Morgan fingerprint density at radius 2 is 2.14 bits per heavy atom. The van der Waals surface area contributed by atoms with E-state index in [2.05, 4.69) is 10.5 Å². The van der Waals surface area contributed by atoms with Crippen molar-refractivity contribution in [1.82, 2.24) is 10.5 Å². The fourth-order valence-corrected chi connectivity index (χ4v) is 2.64. The average molecular weight is 302 g/mol. The van der Waals surface area contributed by atoms with Crippen molar-refractivity contribution in [3.63, 3.8) is 0 Å². The van der Waals surface area contributed by atoms with Gasteiger partial charge in [0.1, 0.15) is 18.1 Å². The lowest BCUT2D eigenvalue weighted by molar-refractivity contribution is 0.0679. The van der Waals surface area contributed by atoms with E-state index in [1.807, 2.05) is 38.2 Å². The average Bonchev–Trinajstić information content (AvgIpc) is 3.17. The standard InChI is InChI=1S/C17H22N2O3/c1-12-16(10-18-2)19-22-17(12)13-5-7-14(8-6-13)21-11-15-4-3-9-20-15/h5-8,15,18H,3-4,9-11H2,1-2H3. The number of ether oxygens (including phenoxy) is 2. The van der Waals surface area contributed by atoms with Gasteiger partial charge in [-0.1, -0.05) is 5.16 Å². The highest BCUT2D eigenvalue weighted by Crippen LogP contribution is 2.27. The summed E-state index contributed by atoms with van der Waals surface area (Å²) >= 11 is 0. The molecule has 0 amide bonds. The highest BCUT2D eigenvalue weighted by molar-refractivity contribution is 5.62. The maximum atomic E-state index is 5.77. The second kappa shape index (κ2) is 6.94. The molecule has 5 nitrogen and oxygen atoms in total. The summed E-state index contributed by atoms with van der Waals surface area (Å²) in [4.78, 5) is 0. The highest BCUT2D eigenvalue weighted by atomic mass is 16.5. The summed E-state index contributed by atoms with van der Waals surface area (Å²) in [5, 5.41) is 7.20. The van der Waals surface area contributed by atoms with Crippen molar-refractivity contribution in [2.45, 2.75) is 32.4 Å². The normalized spacial score (nSPS) is 17.8. The maximum Gasteiger partial charge on any atom is 0.170 e. The number of nitrogens with zero attached hydrogens (tertiary/aromatic N) is 1. The molecule has 1 aromatic carbocycles. The van der Waals surface area contributed by atoms with E-state index in [9.17, 15) is 0 Å². The topological polar surface area (TPSA) is 56.5 Å². The SMILES string of the molecule is CNCc1noc(-c2ccc(OCC3CCCO3)cc2)c1C. The molecule has 1 unspecified atom stereocenters. The fraction of sp³-hybridized carbons (Fsp3) is 0.471. The van der Waals surface area contributed by atoms with Crippen molar-refractivity contribution in [3.05, 3.63) is 35.5 Å². The summed E-state index contributed by atoms with van der Waals surface area (Å²) < 4.78 is 16.8. The highest BCUT2D eigenvalue weighted by Gasteiger charge is 2.16. The molecule has 118 valence electrons. The molecule has 1 atom stereocenters. The summed E-state index contributed by atoms with van der Waals surface area (Å²) in [5.41, 5.74) is 3.02. The maximum absolute atomic E-state index is 5.77. The zero-order valence-electron chi connectivity index (χ0n) is 13.1. The van der Waals surface area contributed by atoms with Crippen molar-refractivity contribution in [2.75, 3.05) is 20.3 Å². The second-order valence-electron chi connectivity index (χ2n) is 5.58. The van der Waals surface area contributed by atoms with Gasteiger partial charge in [-0.3, -0.25) is 0 Å². The van der Waals surface area contributed by atoms with Crippen LogP contribution < -0.4 is 10.1 Å². The van der Waals surface area contributed by atoms with Crippen LogP contribution in [0.15, 0.2) is 28.8 Å². The first-order valence-corrected chi connectivity index (χ1v) is 7.72. The summed E-state index contributed by atoms with van der Waals surface area (Å²) in [7, 11) is 1.90. The third-order valence-electron chi connectivity index (χ3n) is 3.94. The van der Waals surface area contributed by atoms with Gasteiger partial charge < -0.3 is 19.3 Å². The number of nitrogens with one attached hydrogen (secondary N) is 1. The molecule has 2 heterocycles. The number of aromatic nitrogens is 1. The summed E-state index contributed by atoms with van der Waals surface area (Å²) in [6, 6.07) is 7.93. The Bertz CT molecular complexity index is 601. The Labute approximate surface area is 130 Å². The van der Waals surface area contributed by atoms with E-state index in [4.69, 9.17) is 14.0 Å².